The van der Waals surface area contributed by atoms with Gasteiger partial charge in [-0.05, 0) is 30.1 Å². The third kappa shape index (κ3) is 4.94. The van der Waals surface area contributed by atoms with Gasteiger partial charge in [0.15, 0.2) is 0 Å². The topological polar surface area (TPSA) is 41.5 Å². The summed E-state index contributed by atoms with van der Waals surface area (Å²) in [5.74, 6) is 0. The molecule has 0 saturated heterocycles. The number of methoxy groups -OCH3 is 1. The molecule has 0 bridgehead atoms. The molecule has 0 amide bonds. The van der Waals surface area contributed by atoms with E-state index in [0.717, 1.165) is 0 Å². The first-order chi connectivity index (χ1) is 7.78. The predicted octanol–water partition coefficient (Wildman–Crippen LogP) is 2.19. The van der Waals surface area contributed by atoms with E-state index in [1.165, 1.54) is 19.3 Å². The fraction of sp³-hybridized carbons (Fsp3) is 1.00. The molecule has 0 aromatic heterocycles. The Hall–Kier alpha value is -0.120. The zero-order valence-corrected chi connectivity index (χ0v) is 12.0. The fourth-order valence-electron chi connectivity index (χ4n) is 3.65. The van der Waals surface area contributed by atoms with Crippen LogP contribution in [0.3, 0.4) is 0 Å². The number of aliphatic hydroxyl groups excluding tert-OH is 1. The van der Waals surface area contributed by atoms with Crippen molar-refractivity contribution in [2.75, 3.05) is 20.3 Å². The van der Waals surface area contributed by atoms with Gasteiger partial charge < -0.3 is 15.2 Å². The van der Waals surface area contributed by atoms with Crippen LogP contribution in [-0.2, 0) is 4.74 Å². The molecular formula is C14H29NO2. The Morgan fingerprint density at radius 1 is 1.24 bits per heavy atom. The molecule has 17 heavy (non-hydrogen) atoms. The molecule has 1 unspecified atom stereocenters. The van der Waals surface area contributed by atoms with Crippen LogP contribution in [0.1, 0.15) is 47.0 Å². The molecule has 0 radical (unpaired) electrons. The molecule has 0 spiro atoms. The first kappa shape index (κ1) is 14.9. The fourth-order valence-corrected chi connectivity index (χ4v) is 3.65. The molecule has 1 rings (SSSR count). The summed E-state index contributed by atoms with van der Waals surface area (Å²) in [6.07, 6.45) is 3.62. The second-order valence-electron chi connectivity index (χ2n) is 7.11. The van der Waals surface area contributed by atoms with Crippen LogP contribution in [0, 0.1) is 10.8 Å². The molecule has 2 N–H and O–H groups in total. The molecule has 1 atom stereocenters. The predicted molar refractivity (Wildman–Crippen MR) is 71.1 cm³/mol. The highest BCUT2D eigenvalue weighted by molar-refractivity contribution is 4.93. The smallest absolute Gasteiger partial charge is 0.0638 e. The van der Waals surface area contributed by atoms with Gasteiger partial charge in [0.2, 0.25) is 0 Å². The average molecular weight is 243 g/mol. The lowest BCUT2D eigenvalue weighted by molar-refractivity contribution is 0.0604. The van der Waals surface area contributed by atoms with Gasteiger partial charge in [-0.1, -0.05) is 27.7 Å². The zero-order valence-electron chi connectivity index (χ0n) is 12.0. The third-order valence-corrected chi connectivity index (χ3v) is 3.61. The molecule has 1 saturated carbocycles. The average Bonchev–Trinajstić information content (AvgIpc) is 2.11. The first-order valence-corrected chi connectivity index (χ1v) is 6.64. The van der Waals surface area contributed by atoms with Gasteiger partial charge in [0, 0.05) is 13.2 Å². The Labute approximate surface area is 106 Å². The maximum atomic E-state index is 9.31. The lowest BCUT2D eigenvalue weighted by Crippen LogP contribution is -2.49. The number of ether oxygens (including phenoxy) is 1. The molecular weight excluding hydrogens is 214 g/mol. The number of rotatable bonds is 5. The van der Waals surface area contributed by atoms with Crippen molar-refractivity contribution >= 4 is 0 Å². The van der Waals surface area contributed by atoms with Crippen molar-refractivity contribution in [3.63, 3.8) is 0 Å². The summed E-state index contributed by atoms with van der Waals surface area (Å²) >= 11 is 0. The Morgan fingerprint density at radius 3 is 2.18 bits per heavy atom. The lowest BCUT2D eigenvalue weighted by atomic mass is 9.63. The molecule has 1 aliphatic rings. The van der Waals surface area contributed by atoms with Crippen LogP contribution < -0.4 is 5.32 Å². The van der Waals surface area contributed by atoms with E-state index in [4.69, 9.17) is 4.74 Å². The van der Waals surface area contributed by atoms with Crippen molar-refractivity contribution in [1.29, 1.82) is 0 Å². The van der Waals surface area contributed by atoms with E-state index >= 15 is 0 Å². The van der Waals surface area contributed by atoms with E-state index in [0.29, 0.717) is 23.5 Å². The SMILES string of the molecule is COCC(CO)NC1CC(C)(C)CC(C)(C)C1. The zero-order chi connectivity index (χ0) is 13.1. The normalized spacial score (nSPS) is 25.8. The van der Waals surface area contributed by atoms with Gasteiger partial charge in [-0.2, -0.15) is 0 Å². The number of hydrogen-bond donors (Lipinski definition) is 2. The summed E-state index contributed by atoms with van der Waals surface area (Å²) in [6, 6.07) is 0.552. The molecule has 1 fully saturated rings. The van der Waals surface area contributed by atoms with Crippen molar-refractivity contribution in [2.45, 2.75) is 59.0 Å². The van der Waals surface area contributed by atoms with E-state index in [1.54, 1.807) is 7.11 Å². The van der Waals surface area contributed by atoms with Crippen molar-refractivity contribution in [3.8, 4) is 0 Å². The molecule has 102 valence electrons. The Morgan fingerprint density at radius 2 is 1.76 bits per heavy atom. The quantitative estimate of drug-likeness (QED) is 0.778. The maximum absolute atomic E-state index is 9.31. The standard InChI is InChI=1S/C14H29NO2/c1-13(2)6-11(7-14(3,4)10-13)15-12(8-16)9-17-5/h11-12,15-16H,6-10H2,1-5H3. The Bertz CT molecular complexity index is 222. The minimum absolute atomic E-state index is 0.0645. The molecule has 0 aromatic carbocycles. The molecule has 0 aromatic rings. The highest BCUT2D eigenvalue weighted by Crippen LogP contribution is 2.45. The van der Waals surface area contributed by atoms with Crippen LogP contribution >= 0.6 is 0 Å². The molecule has 0 heterocycles. The summed E-state index contributed by atoms with van der Waals surface area (Å²) in [7, 11) is 1.68. The van der Waals surface area contributed by atoms with Crippen molar-refractivity contribution in [3.05, 3.63) is 0 Å². The monoisotopic (exact) mass is 243 g/mol. The minimum atomic E-state index is 0.0645. The summed E-state index contributed by atoms with van der Waals surface area (Å²) in [5.41, 5.74) is 0.763. The van der Waals surface area contributed by atoms with Gasteiger partial charge in [-0.3, -0.25) is 0 Å². The Kier molecular flexibility index (Phi) is 4.99. The molecule has 3 heteroatoms. The van der Waals surface area contributed by atoms with Crippen LogP contribution in [0.2, 0.25) is 0 Å². The number of aliphatic hydroxyl groups is 1. The summed E-state index contributed by atoms with van der Waals surface area (Å²) in [6.45, 7) is 10.1. The molecule has 0 aliphatic heterocycles. The molecule has 3 nitrogen and oxygen atoms in total. The lowest BCUT2D eigenvalue weighted by Gasteiger charge is -2.46. The van der Waals surface area contributed by atoms with Crippen molar-refractivity contribution < 1.29 is 9.84 Å². The van der Waals surface area contributed by atoms with Crippen LogP contribution in [-0.4, -0.2) is 37.5 Å². The number of nitrogens with one attached hydrogen (secondary N) is 1. The van der Waals surface area contributed by atoms with E-state index in [2.05, 4.69) is 33.0 Å². The van der Waals surface area contributed by atoms with Gasteiger partial charge in [0.05, 0.1) is 19.3 Å². The first-order valence-electron chi connectivity index (χ1n) is 6.64. The van der Waals surface area contributed by atoms with E-state index < -0.39 is 0 Å². The van der Waals surface area contributed by atoms with E-state index in [-0.39, 0.29) is 12.6 Å². The van der Waals surface area contributed by atoms with E-state index in [9.17, 15) is 5.11 Å². The van der Waals surface area contributed by atoms with Crippen molar-refractivity contribution in [2.24, 2.45) is 10.8 Å². The number of hydrogen-bond acceptors (Lipinski definition) is 3. The van der Waals surface area contributed by atoms with Gasteiger partial charge in [0.25, 0.3) is 0 Å². The van der Waals surface area contributed by atoms with Crippen LogP contribution in [0.25, 0.3) is 0 Å². The second kappa shape index (κ2) is 5.68. The summed E-state index contributed by atoms with van der Waals surface area (Å²) in [4.78, 5) is 0. The van der Waals surface area contributed by atoms with E-state index in [1.807, 2.05) is 0 Å². The third-order valence-electron chi connectivity index (χ3n) is 3.61. The van der Waals surface area contributed by atoms with Gasteiger partial charge in [-0.25, -0.2) is 0 Å². The second-order valence-corrected chi connectivity index (χ2v) is 7.11. The summed E-state index contributed by atoms with van der Waals surface area (Å²) < 4.78 is 5.12. The maximum Gasteiger partial charge on any atom is 0.0638 e. The van der Waals surface area contributed by atoms with Crippen LogP contribution in [0.4, 0.5) is 0 Å². The Balaban J connectivity index is 2.58. The van der Waals surface area contributed by atoms with Crippen LogP contribution in [0.15, 0.2) is 0 Å². The highest BCUT2D eigenvalue weighted by Gasteiger charge is 2.38. The largest absolute Gasteiger partial charge is 0.395 e. The molecule has 1 aliphatic carbocycles. The highest BCUT2D eigenvalue weighted by atomic mass is 16.5. The van der Waals surface area contributed by atoms with Gasteiger partial charge >= 0.3 is 0 Å². The minimum Gasteiger partial charge on any atom is -0.395 e. The summed E-state index contributed by atoms with van der Waals surface area (Å²) in [5, 5.41) is 12.8. The van der Waals surface area contributed by atoms with Crippen molar-refractivity contribution in [1.82, 2.24) is 5.32 Å². The van der Waals surface area contributed by atoms with Crippen LogP contribution in [0.5, 0.6) is 0 Å². The van der Waals surface area contributed by atoms with Gasteiger partial charge in [-0.15, -0.1) is 0 Å². The van der Waals surface area contributed by atoms with Gasteiger partial charge in [0.1, 0.15) is 0 Å².